The highest BCUT2D eigenvalue weighted by molar-refractivity contribution is 7.92. The second-order valence-electron chi connectivity index (χ2n) is 6.98. The Labute approximate surface area is 183 Å². The van der Waals surface area contributed by atoms with Gasteiger partial charge in [-0.05, 0) is 49.9 Å². The molecule has 0 saturated heterocycles. The van der Waals surface area contributed by atoms with E-state index in [2.05, 4.69) is 30.4 Å². The summed E-state index contributed by atoms with van der Waals surface area (Å²) in [6, 6.07) is 13.0. The van der Waals surface area contributed by atoms with Crippen molar-refractivity contribution in [2.45, 2.75) is 32.6 Å². The molecule has 2 aromatic carbocycles. The molecule has 0 aromatic heterocycles. The normalized spacial score (nSPS) is 11.3. The molecular formula is C21H26Cl2N2O3S. The third-order valence-corrected chi connectivity index (χ3v) is 6.12. The first-order valence-corrected chi connectivity index (χ1v) is 12.0. The van der Waals surface area contributed by atoms with Crippen LogP contribution in [0.15, 0.2) is 42.5 Å². The van der Waals surface area contributed by atoms with Gasteiger partial charge in [-0.2, -0.15) is 0 Å². The molecule has 8 heteroatoms. The van der Waals surface area contributed by atoms with Crippen molar-refractivity contribution in [2.75, 3.05) is 23.7 Å². The molecule has 29 heavy (non-hydrogen) atoms. The second-order valence-corrected chi connectivity index (χ2v) is 9.73. The Hall–Kier alpha value is -1.76. The van der Waals surface area contributed by atoms with Gasteiger partial charge in [-0.15, -0.1) is 0 Å². The fourth-order valence-electron chi connectivity index (χ4n) is 3.00. The van der Waals surface area contributed by atoms with E-state index in [1.54, 1.807) is 12.1 Å². The fraction of sp³-hybridized carbons (Fsp3) is 0.381. The van der Waals surface area contributed by atoms with E-state index in [9.17, 15) is 13.2 Å². The second kappa shape index (κ2) is 10.9. The number of carbonyl (C=O) groups excluding carboxylic acids is 1. The number of benzene rings is 2. The molecule has 0 aliphatic carbocycles. The summed E-state index contributed by atoms with van der Waals surface area (Å²) in [5.74, 6) is -0.0973. The van der Waals surface area contributed by atoms with Crippen LogP contribution in [0.1, 0.15) is 30.4 Å². The van der Waals surface area contributed by atoms with Crippen LogP contribution in [0.3, 0.4) is 0 Å². The van der Waals surface area contributed by atoms with Gasteiger partial charge in [0.25, 0.3) is 0 Å². The summed E-state index contributed by atoms with van der Waals surface area (Å²) in [7, 11) is -3.55. The number of nitrogens with one attached hydrogen (secondary N) is 1. The van der Waals surface area contributed by atoms with Gasteiger partial charge in [0.15, 0.2) is 0 Å². The predicted octanol–water partition coefficient (Wildman–Crippen LogP) is 4.60. The van der Waals surface area contributed by atoms with Crippen molar-refractivity contribution < 1.29 is 13.2 Å². The molecule has 1 amide bonds. The van der Waals surface area contributed by atoms with Gasteiger partial charge in [-0.3, -0.25) is 9.10 Å². The van der Waals surface area contributed by atoms with Crippen LogP contribution in [0.25, 0.3) is 0 Å². The molecule has 0 heterocycles. The van der Waals surface area contributed by atoms with E-state index in [4.69, 9.17) is 23.2 Å². The molecule has 2 rings (SSSR count). The molecule has 0 aliphatic rings. The third-order valence-electron chi connectivity index (χ3n) is 4.39. The van der Waals surface area contributed by atoms with Crippen LogP contribution >= 0.6 is 23.2 Å². The van der Waals surface area contributed by atoms with E-state index >= 15 is 0 Å². The lowest BCUT2D eigenvalue weighted by molar-refractivity contribution is -0.121. The van der Waals surface area contributed by atoms with Gasteiger partial charge in [0.2, 0.25) is 15.9 Å². The first-order valence-electron chi connectivity index (χ1n) is 9.42. The lowest BCUT2D eigenvalue weighted by Gasteiger charge is -2.23. The maximum atomic E-state index is 12.2. The molecular weight excluding hydrogens is 431 g/mol. The number of hydrogen-bond donors (Lipinski definition) is 1. The average molecular weight is 457 g/mol. The Kier molecular flexibility index (Phi) is 8.80. The minimum Gasteiger partial charge on any atom is -0.356 e. The zero-order chi connectivity index (χ0) is 21.4. The molecule has 5 nitrogen and oxygen atoms in total. The van der Waals surface area contributed by atoms with Crippen molar-refractivity contribution >= 4 is 44.8 Å². The molecule has 0 fully saturated rings. The lowest BCUT2D eigenvalue weighted by Crippen LogP contribution is -2.32. The Balaban J connectivity index is 1.80. The molecule has 2 aromatic rings. The van der Waals surface area contributed by atoms with E-state index in [-0.39, 0.29) is 18.9 Å². The van der Waals surface area contributed by atoms with Crippen molar-refractivity contribution in [1.29, 1.82) is 0 Å². The zero-order valence-electron chi connectivity index (χ0n) is 16.6. The van der Waals surface area contributed by atoms with Gasteiger partial charge in [0.1, 0.15) is 0 Å². The molecule has 1 N–H and O–H groups in total. The van der Waals surface area contributed by atoms with E-state index in [1.165, 1.54) is 21.5 Å². The van der Waals surface area contributed by atoms with Crippen LogP contribution in [0.2, 0.25) is 10.0 Å². The van der Waals surface area contributed by atoms with Crippen LogP contribution in [0.4, 0.5) is 5.69 Å². The average Bonchev–Trinajstić information content (AvgIpc) is 2.64. The number of hydrogen-bond acceptors (Lipinski definition) is 3. The summed E-state index contributed by atoms with van der Waals surface area (Å²) in [5.41, 5.74) is 2.79. The standard InChI is InChI=1S/C21H26Cl2N2O3S/c1-16-6-3-7-17(14-16)8-4-12-24-21(26)9-5-13-25(29(2,27)28)20-15-18(22)10-11-19(20)23/h3,6-7,10-11,14-15H,4-5,8-9,12-13H2,1-2H3,(H,24,26). The number of halogens is 2. The first-order chi connectivity index (χ1) is 13.7. The zero-order valence-corrected chi connectivity index (χ0v) is 18.9. The predicted molar refractivity (Wildman–Crippen MR) is 120 cm³/mol. The number of anilines is 1. The van der Waals surface area contributed by atoms with E-state index in [1.807, 2.05) is 6.07 Å². The van der Waals surface area contributed by atoms with Crippen LogP contribution in [-0.2, 0) is 21.2 Å². The maximum absolute atomic E-state index is 12.2. The van der Waals surface area contributed by atoms with Gasteiger partial charge in [-0.25, -0.2) is 8.42 Å². The highest BCUT2D eigenvalue weighted by Crippen LogP contribution is 2.30. The van der Waals surface area contributed by atoms with Gasteiger partial charge in [0, 0.05) is 24.5 Å². The topological polar surface area (TPSA) is 66.5 Å². The molecule has 0 bridgehead atoms. The van der Waals surface area contributed by atoms with Crippen molar-refractivity contribution in [1.82, 2.24) is 5.32 Å². The van der Waals surface area contributed by atoms with Gasteiger partial charge in [0.05, 0.1) is 17.0 Å². The highest BCUT2D eigenvalue weighted by atomic mass is 35.5. The summed E-state index contributed by atoms with van der Waals surface area (Å²) >= 11 is 12.1. The SMILES string of the molecule is Cc1cccc(CCCNC(=O)CCCN(c2cc(Cl)ccc2Cl)S(C)(=O)=O)c1. The van der Waals surface area contributed by atoms with Crippen molar-refractivity contribution in [2.24, 2.45) is 0 Å². The molecule has 0 spiro atoms. The van der Waals surface area contributed by atoms with E-state index in [0.29, 0.717) is 28.7 Å². The quantitative estimate of drug-likeness (QED) is 0.531. The lowest BCUT2D eigenvalue weighted by atomic mass is 10.1. The van der Waals surface area contributed by atoms with E-state index in [0.717, 1.165) is 19.1 Å². The van der Waals surface area contributed by atoms with Crippen LogP contribution in [0.5, 0.6) is 0 Å². The highest BCUT2D eigenvalue weighted by Gasteiger charge is 2.20. The summed E-state index contributed by atoms with van der Waals surface area (Å²) in [6.07, 6.45) is 3.46. The number of amides is 1. The van der Waals surface area contributed by atoms with E-state index < -0.39 is 10.0 Å². The monoisotopic (exact) mass is 456 g/mol. The minimum absolute atomic E-state index is 0.0973. The van der Waals surface area contributed by atoms with Crippen LogP contribution < -0.4 is 9.62 Å². The molecule has 0 atom stereocenters. The molecule has 0 saturated carbocycles. The van der Waals surface area contributed by atoms with Crippen molar-refractivity contribution in [3.63, 3.8) is 0 Å². The van der Waals surface area contributed by atoms with Crippen LogP contribution in [-0.4, -0.2) is 33.7 Å². The van der Waals surface area contributed by atoms with Gasteiger partial charge < -0.3 is 5.32 Å². The molecule has 0 unspecified atom stereocenters. The maximum Gasteiger partial charge on any atom is 0.232 e. The van der Waals surface area contributed by atoms with Crippen molar-refractivity contribution in [3.05, 3.63) is 63.6 Å². The molecule has 0 radical (unpaired) electrons. The van der Waals surface area contributed by atoms with Crippen molar-refractivity contribution in [3.8, 4) is 0 Å². The number of sulfonamides is 1. The summed E-state index contributed by atoms with van der Waals surface area (Å²) in [5, 5.41) is 3.57. The summed E-state index contributed by atoms with van der Waals surface area (Å²) in [4.78, 5) is 12.1. The largest absolute Gasteiger partial charge is 0.356 e. The summed E-state index contributed by atoms with van der Waals surface area (Å²) < 4.78 is 25.5. The Morgan fingerprint density at radius 3 is 2.55 bits per heavy atom. The van der Waals surface area contributed by atoms with Crippen LogP contribution in [0, 0.1) is 6.92 Å². The third kappa shape index (κ3) is 7.88. The smallest absolute Gasteiger partial charge is 0.232 e. The molecule has 158 valence electrons. The number of aryl methyl sites for hydroxylation is 2. The molecule has 0 aliphatic heterocycles. The summed E-state index contributed by atoms with van der Waals surface area (Å²) in [6.45, 7) is 2.79. The number of carbonyl (C=O) groups is 1. The van der Waals surface area contributed by atoms with Gasteiger partial charge in [-0.1, -0.05) is 53.0 Å². The number of rotatable bonds is 10. The minimum atomic E-state index is -3.55. The number of nitrogens with zero attached hydrogens (tertiary/aromatic N) is 1. The Morgan fingerprint density at radius 2 is 1.86 bits per heavy atom. The Morgan fingerprint density at radius 1 is 1.10 bits per heavy atom. The van der Waals surface area contributed by atoms with Gasteiger partial charge >= 0.3 is 0 Å². The Bertz CT molecular complexity index is 949. The fourth-order valence-corrected chi connectivity index (χ4v) is 4.41. The first kappa shape index (κ1) is 23.5.